The standard InChI is InChI=1S/C11H11NO4S/c1-6-3-4-8(17-6)10-12-7(5-15-2)9(16-10)11(13)14/h3-4H,5H2,1-2H3,(H,13,14). The number of oxazole rings is 1. The monoisotopic (exact) mass is 253 g/mol. The summed E-state index contributed by atoms with van der Waals surface area (Å²) in [5.41, 5.74) is 0.307. The molecule has 1 N–H and O–H groups in total. The summed E-state index contributed by atoms with van der Waals surface area (Å²) in [5.74, 6) is -0.968. The molecule has 2 heterocycles. The summed E-state index contributed by atoms with van der Waals surface area (Å²) in [6.07, 6.45) is 0. The average Bonchev–Trinajstić information content (AvgIpc) is 2.85. The molecule has 0 aliphatic carbocycles. The van der Waals surface area contributed by atoms with Crippen molar-refractivity contribution >= 4 is 17.3 Å². The highest BCUT2D eigenvalue weighted by Gasteiger charge is 2.20. The molecule has 0 fully saturated rings. The third kappa shape index (κ3) is 2.37. The fourth-order valence-corrected chi connectivity index (χ4v) is 2.20. The van der Waals surface area contributed by atoms with Crippen LogP contribution in [0, 0.1) is 6.92 Å². The second-order valence-electron chi connectivity index (χ2n) is 3.44. The summed E-state index contributed by atoms with van der Waals surface area (Å²) < 4.78 is 10.1. The second-order valence-corrected chi connectivity index (χ2v) is 4.73. The molecule has 0 spiro atoms. The first-order valence-electron chi connectivity index (χ1n) is 4.90. The number of rotatable bonds is 4. The van der Waals surface area contributed by atoms with Crippen LogP contribution in [0.3, 0.4) is 0 Å². The van der Waals surface area contributed by atoms with Gasteiger partial charge in [0, 0.05) is 12.0 Å². The highest BCUT2D eigenvalue weighted by atomic mass is 32.1. The number of carbonyl (C=O) groups is 1. The number of aromatic nitrogens is 1. The van der Waals surface area contributed by atoms with E-state index < -0.39 is 5.97 Å². The van der Waals surface area contributed by atoms with Gasteiger partial charge in [-0.05, 0) is 19.1 Å². The summed E-state index contributed by atoms with van der Waals surface area (Å²) >= 11 is 1.50. The van der Waals surface area contributed by atoms with Gasteiger partial charge >= 0.3 is 5.97 Å². The first-order valence-corrected chi connectivity index (χ1v) is 5.72. The Kier molecular flexibility index (Phi) is 3.26. The van der Waals surface area contributed by atoms with Crippen LogP contribution >= 0.6 is 11.3 Å². The second kappa shape index (κ2) is 4.68. The van der Waals surface area contributed by atoms with Crippen molar-refractivity contribution in [3.63, 3.8) is 0 Å². The predicted octanol–water partition coefficient (Wildman–Crippen LogP) is 2.56. The minimum atomic E-state index is -1.14. The van der Waals surface area contributed by atoms with Crippen LogP contribution in [0.5, 0.6) is 0 Å². The average molecular weight is 253 g/mol. The van der Waals surface area contributed by atoms with Crippen molar-refractivity contribution in [1.29, 1.82) is 0 Å². The summed E-state index contributed by atoms with van der Waals surface area (Å²) in [6, 6.07) is 3.79. The van der Waals surface area contributed by atoms with Crippen LogP contribution in [0.1, 0.15) is 21.1 Å². The van der Waals surface area contributed by atoms with E-state index in [-0.39, 0.29) is 12.4 Å². The smallest absolute Gasteiger partial charge is 0.373 e. The molecule has 0 radical (unpaired) electrons. The number of ether oxygens (including phenoxy) is 1. The van der Waals surface area contributed by atoms with Gasteiger partial charge in [-0.25, -0.2) is 9.78 Å². The van der Waals surface area contributed by atoms with E-state index in [1.807, 2.05) is 19.1 Å². The van der Waals surface area contributed by atoms with Crippen LogP contribution < -0.4 is 0 Å². The van der Waals surface area contributed by atoms with E-state index in [1.165, 1.54) is 18.4 Å². The molecular weight excluding hydrogens is 242 g/mol. The number of carboxylic acid groups (broad SMARTS) is 1. The van der Waals surface area contributed by atoms with Crippen molar-refractivity contribution in [3.8, 4) is 10.8 Å². The Bertz CT molecular complexity index is 543. The molecule has 5 nitrogen and oxygen atoms in total. The predicted molar refractivity (Wildman–Crippen MR) is 62.2 cm³/mol. The number of hydrogen-bond acceptors (Lipinski definition) is 5. The molecule has 2 aromatic rings. The molecule has 0 unspecified atom stereocenters. The number of aryl methyl sites for hydroxylation is 1. The SMILES string of the molecule is COCc1nc(-c2ccc(C)s2)oc1C(=O)O. The number of methoxy groups -OCH3 is 1. The molecule has 90 valence electrons. The lowest BCUT2D eigenvalue weighted by atomic mass is 10.3. The van der Waals surface area contributed by atoms with E-state index in [2.05, 4.69) is 4.98 Å². The molecule has 0 aliphatic rings. The van der Waals surface area contributed by atoms with E-state index in [0.29, 0.717) is 11.6 Å². The molecule has 0 amide bonds. The number of carboxylic acids is 1. The van der Waals surface area contributed by atoms with Gasteiger partial charge in [-0.1, -0.05) is 0 Å². The highest BCUT2D eigenvalue weighted by molar-refractivity contribution is 7.15. The first kappa shape index (κ1) is 11.8. The molecule has 0 aliphatic heterocycles. The Balaban J connectivity index is 2.43. The highest BCUT2D eigenvalue weighted by Crippen LogP contribution is 2.28. The molecule has 2 rings (SSSR count). The fourth-order valence-electron chi connectivity index (χ4n) is 1.41. The zero-order valence-electron chi connectivity index (χ0n) is 9.39. The Morgan fingerprint density at radius 1 is 1.59 bits per heavy atom. The molecule has 0 saturated heterocycles. The van der Waals surface area contributed by atoms with E-state index in [4.69, 9.17) is 14.3 Å². The Morgan fingerprint density at radius 2 is 2.35 bits per heavy atom. The van der Waals surface area contributed by atoms with Gasteiger partial charge < -0.3 is 14.3 Å². The first-order chi connectivity index (χ1) is 8.11. The quantitative estimate of drug-likeness (QED) is 0.906. The van der Waals surface area contributed by atoms with E-state index in [9.17, 15) is 4.79 Å². The molecule has 0 atom stereocenters. The summed E-state index contributed by atoms with van der Waals surface area (Å²) in [7, 11) is 1.48. The molecular formula is C11H11NO4S. The van der Waals surface area contributed by atoms with Crippen molar-refractivity contribution < 1.29 is 19.1 Å². The summed E-state index contributed by atoms with van der Waals surface area (Å²) in [6.45, 7) is 2.08. The lowest BCUT2D eigenvalue weighted by Gasteiger charge is -1.92. The Hall–Kier alpha value is -1.66. The lowest BCUT2D eigenvalue weighted by Crippen LogP contribution is -2.00. The van der Waals surface area contributed by atoms with Crippen LogP contribution in [0.2, 0.25) is 0 Å². The molecule has 0 aromatic carbocycles. The van der Waals surface area contributed by atoms with Gasteiger partial charge in [0.25, 0.3) is 0 Å². The summed E-state index contributed by atoms with van der Waals surface area (Å²) in [4.78, 5) is 17.0. The van der Waals surface area contributed by atoms with Gasteiger partial charge in [-0.3, -0.25) is 0 Å². The zero-order chi connectivity index (χ0) is 12.4. The maximum atomic E-state index is 11.0. The van der Waals surface area contributed by atoms with Crippen LogP contribution in [0.4, 0.5) is 0 Å². The van der Waals surface area contributed by atoms with Gasteiger partial charge in [-0.2, -0.15) is 0 Å². The molecule has 17 heavy (non-hydrogen) atoms. The van der Waals surface area contributed by atoms with Gasteiger partial charge in [0.1, 0.15) is 5.69 Å². The number of hydrogen-bond donors (Lipinski definition) is 1. The van der Waals surface area contributed by atoms with E-state index in [1.54, 1.807) is 0 Å². The van der Waals surface area contributed by atoms with Crippen molar-refractivity contribution in [2.75, 3.05) is 7.11 Å². The number of nitrogens with zero attached hydrogens (tertiary/aromatic N) is 1. The largest absolute Gasteiger partial charge is 0.475 e. The van der Waals surface area contributed by atoms with Crippen LogP contribution in [-0.2, 0) is 11.3 Å². The maximum absolute atomic E-state index is 11.0. The number of aromatic carboxylic acids is 1. The Morgan fingerprint density at radius 3 is 2.88 bits per heavy atom. The van der Waals surface area contributed by atoms with E-state index in [0.717, 1.165) is 9.75 Å². The maximum Gasteiger partial charge on any atom is 0.373 e. The minimum absolute atomic E-state index is 0.121. The van der Waals surface area contributed by atoms with Crippen molar-refractivity contribution in [3.05, 3.63) is 28.5 Å². The van der Waals surface area contributed by atoms with E-state index >= 15 is 0 Å². The van der Waals surface area contributed by atoms with Gasteiger partial charge in [0.15, 0.2) is 0 Å². The Labute approximate surface area is 102 Å². The summed E-state index contributed by atoms with van der Waals surface area (Å²) in [5, 5.41) is 8.97. The lowest BCUT2D eigenvalue weighted by molar-refractivity contribution is 0.0656. The zero-order valence-corrected chi connectivity index (χ0v) is 10.2. The van der Waals surface area contributed by atoms with Crippen LogP contribution in [0.15, 0.2) is 16.5 Å². The normalized spacial score (nSPS) is 10.7. The van der Waals surface area contributed by atoms with Gasteiger partial charge in [-0.15, -0.1) is 11.3 Å². The molecule has 0 bridgehead atoms. The molecule has 6 heteroatoms. The third-order valence-electron chi connectivity index (χ3n) is 2.12. The fraction of sp³-hybridized carbons (Fsp3) is 0.273. The minimum Gasteiger partial charge on any atom is -0.475 e. The van der Waals surface area contributed by atoms with Gasteiger partial charge in [0.05, 0.1) is 11.5 Å². The van der Waals surface area contributed by atoms with Crippen molar-refractivity contribution in [2.45, 2.75) is 13.5 Å². The van der Waals surface area contributed by atoms with Crippen molar-refractivity contribution in [2.24, 2.45) is 0 Å². The molecule has 0 saturated carbocycles. The van der Waals surface area contributed by atoms with Crippen LogP contribution in [-0.4, -0.2) is 23.2 Å². The topological polar surface area (TPSA) is 72.6 Å². The molecule has 2 aromatic heterocycles. The van der Waals surface area contributed by atoms with Gasteiger partial charge in [0.2, 0.25) is 11.7 Å². The van der Waals surface area contributed by atoms with Crippen molar-refractivity contribution in [1.82, 2.24) is 4.98 Å². The number of thiophene rings is 1. The van der Waals surface area contributed by atoms with Crippen LogP contribution in [0.25, 0.3) is 10.8 Å². The third-order valence-corrected chi connectivity index (χ3v) is 3.11.